The molecule has 0 aliphatic carbocycles. The fraction of sp³-hybridized carbons (Fsp3) is 0.118. The first-order chi connectivity index (χ1) is 11.5. The molecule has 1 heterocycles. The maximum atomic E-state index is 13.5. The smallest absolute Gasteiger partial charge is 0.272 e. The average molecular weight is 329 g/mol. The van der Waals surface area contributed by atoms with E-state index in [1.54, 1.807) is 30.3 Å². The number of fused-ring (bicyclic) bond motifs is 1. The van der Waals surface area contributed by atoms with Crippen molar-refractivity contribution >= 4 is 22.6 Å². The first-order valence-corrected chi connectivity index (χ1v) is 7.17. The number of amides is 1. The Labute approximate surface area is 135 Å². The Morgan fingerprint density at radius 1 is 1.17 bits per heavy atom. The summed E-state index contributed by atoms with van der Waals surface area (Å²) in [5.41, 5.74) is 0.312. The van der Waals surface area contributed by atoms with E-state index in [-0.39, 0.29) is 23.3 Å². The van der Waals surface area contributed by atoms with Crippen LogP contribution in [-0.4, -0.2) is 15.5 Å². The summed E-state index contributed by atoms with van der Waals surface area (Å²) in [5, 5.41) is 2.64. The number of anilines is 1. The van der Waals surface area contributed by atoms with E-state index in [1.165, 1.54) is 6.92 Å². The van der Waals surface area contributed by atoms with Gasteiger partial charge in [0.25, 0.3) is 5.56 Å². The van der Waals surface area contributed by atoms with Crippen LogP contribution in [0.25, 0.3) is 11.0 Å². The number of hydrogen-bond acceptors (Lipinski definition) is 3. The Morgan fingerprint density at radius 3 is 2.54 bits per heavy atom. The second-order valence-electron chi connectivity index (χ2n) is 5.26. The van der Waals surface area contributed by atoms with Crippen molar-refractivity contribution in [2.24, 2.45) is 0 Å². The van der Waals surface area contributed by atoms with Crippen molar-refractivity contribution in [1.82, 2.24) is 9.55 Å². The van der Waals surface area contributed by atoms with Crippen molar-refractivity contribution in [3.05, 3.63) is 70.1 Å². The van der Waals surface area contributed by atoms with Crippen LogP contribution in [0.4, 0.5) is 14.5 Å². The molecule has 0 fully saturated rings. The van der Waals surface area contributed by atoms with Crippen molar-refractivity contribution in [2.45, 2.75) is 13.5 Å². The van der Waals surface area contributed by atoms with E-state index in [0.29, 0.717) is 5.69 Å². The number of carbonyl (C=O) groups excluding carboxylic acids is 1. The first kappa shape index (κ1) is 15.8. The zero-order chi connectivity index (χ0) is 17.3. The standard InChI is InChI=1S/C17H13F2N3O2/c1-10-17(24)22(9-16(23)21-11-5-3-2-4-6-11)15-8-13(19)12(18)7-14(15)20-10/h2-8H,9H2,1H3,(H,21,23). The molecule has 0 atom stereocenters. The highest BCUT2D eigenvalue weighted by molar-refractivity contribution is 5.91. The summed E-state index contributed by atoms with van der Waals surface area (Å²) in [4.78, 5) is 28.4. The lowest BCUT2D eigenvalue weighted by atomic mass is 10.2. The van der Waals surface area contributed by atoms with E-state index < -0.39 is 23.1 Å². The third kappa shape index (κ3) is 3.01. The van der Waals surface area contributed by atoms with E-state index in [2.05, 4.69) is 10.3 Å². The van der Waals surface area contributed by atoms with Gasteiger partial charge in [0.2, 0.25) is 5.91 Å². The Kier molecular flexibility index (Phi) is 4.07. The van der Waals surface area contributed by atoms with E-state index >= 15 is 0 Å². The third-order valence-corrected chi connectivity index (χ3v) is 3.51. The molecule has 2 aromatic carbocycles. The van der Waals surface area contributed by atoms with Crippen molar-refractivity contribution < 1.29 is 13.6 Å². The molecule has 0 aliphatic rings. The number of aryl methyl sites for hydroxylation is 1. The van der Waals surface area contributed by atoms with Crippen molar-refractivity contribution in [3.8, 4) is 0 Å². The topological polar surface area (TPSA) is 64.0 Å². The molecule has 1 amide bonds. The average Bonchev–Trinajstić information content (AvgIpc) is 2.55. The predicted molar refractivity (Wildman–Crippen MR) is 85.7 cm³/mol. The summed E-state index contributed by atoms with van der Waals surface area (Å²) < 4.78 is 28.0. The van der Waals surface area contributed by atoms with E-state index in [4.69, 9.17) is 0 Å². The lowest BCUT2D eigenvalue weighted by molar-refractivity contribution is -0.116. The molecule has 0 spiro atoms. The van der Waals surface area contributed by atoms with Crippen molar-refractivity contribution in [2.75, 3.05) is 5.32 Å². The normalized spacial score (nSPS) is 10.8. The number of aromatic nitrogens is 2. The van der Waals surface area contributed by atoms with E-state index in [1.807, 2.05) is 0 Å². The zero-order valence-corrected chi connectivity index (χ0v) is 12.7. The molecule has 0 bridgehead atoms. The number of carbonyl (C=O) groups is 1. The number of nitrogens with zero attached hydrogens (tertiary/aromatic N) is 2. The number of rotatable bonds is 3. The van der Waals surface area contributed by atoms with Gasteiger partial charge in [-0.3, -0.25) is 14.2 Å². The molecular weight excluding hydrogens is 316 g/mol. The Morgan fingerprint density at radius 2 is 1.83 bits per heavy atom. The van der Waals surface area contributed by atoms with Gasteiger partial charge in [-0.2, -0.15) is 0 Å². The molecule has 0 radical (unpaired) electrons. The summed E-state index contributed by atoms with van der Waals surface area (Å²) in [6.07, 6.45) is 0. The van der Waals surface area contributed by atoms with Crippen LogP contribution in [0.5, 0.6) is 0 Å². The first-order valence-electron chi connectivity index (χ1n) is 7.17. The maximum absolute atomic E-state index is 13.5. The second-order valence-corrected chi connectivity index (χ2v) is 5.26. The summed E-state index contributed by atoms with van der Waals surface area (Å²) >= 11 is 0. The van der Waals surface area contributed by atoms with Gasteiger partial charge in [0.15, 0.2) is 11.6 Å². The van der Waals surface area contributed by atoms with Gasteiger partial charge in [-0.05, 0) is 19.1 Å². The minimum absolute atomic E-state index is 0.0627. The lowest BCUT2D eigenvalue weighted by Gasteiger charge is -2.12. The summed E-state index contributed by atoms with van der Waals surface area (Å²) in [7, 11) is 0. The molecule has 5 nitrogen and oxygen atoms in total. The molecule has 0 unspecified atom stereocenters. The highest BCUT2D eigenvalue weighted by Crippen LogP contribution is 2.16. The fourth-order valence-corrected chi connectivity index (χ4v) is 2.39. The third-order valence-electron chi connectivity index (χ3n) is 3.51. The van der Waals surface area contributed by atoms with Crippen LogP contribution >= 0.6 is 0 Å². The largest absolute Gasteiger partial charge is 0.325 e. The molecule has 0 saturated carbocycles. The molecule has 0 saturated heterocycles. The minimum Gasteiger partial charge on any atom is -0.325 e. The summed E-state index contributed by atoms with van der Waals surface area (Å²) in [5.74, 6) is -2.63. The molecule has 1 aromatic heterocycles. The molecule has 1 N–H and O–H groups in total. The van der Waals surface area contributed by atoms with Gasteiger partial charge in [-0.15, -0.1) is 0 Å². The maximum Gasteiger partial charge on any atom is 0.272 e. The molecule has 122 valence electrons. The van der Waals surface area contributed by atoms with E-state index in [9.17, 15) is 18.4 Å². The van der Waals surface area contributed by atoms with Crippen LogP contribution in [0.2, 0.25) is 0 Å². The van der Waals surface area contributed by atoms with Gasteiger partial charge >= 0.3 is 0 Å². The van der Waals surface area contributed by atoms with Crippen LogP contribution in [0, 0.1) is 18.6 Å². The van der Waals surface area contributed by atoms with Gasteiger partial charge in [-0.1, -0.05) is 18.2 Å². The number of hydrogen-bond donors (Lipinski definition) is 1. The SMILES string of the molecule is Cc1nc2cc(F)c(F)cc2n(CC(=O)Nc2ccccc2)c1=O. The second kappa shape index (κ2) is 6.19. The van der Waals surface area contributed by atoms with Crippen molar-refractivity contribution in [1.29, 1.82) is 0 Å². The Bertz CT molecular complexity index is 985. The molecule has 3 rings (SSSR count). The van der Waals surface area contributed by atoms with Crippen LogP contribution in [0.3, 0.4) is 0 Å². The molecule has 3 aromatic rings. The number of para-hydroxylation sites is 1. The van der Waals surface area contributed by atoms with Crippen LogP contribution in [0.1, 0.15) is 5.69 Å². The highest BCUT2D eigenvalue weighted by Gasteiger charge is 2.14. The molecule has 24 heavy (non-hydrogen) atoms. The van der Waals surface area contributed by atoms with Crippen LogP contribution in [0.15, 0.2) is 47.3 Å². The van der Waals surface area contributed by atoms with Crippen LogP contribution in [-0.2, 0) is 11.3 Å². The van der Waals surface area contributed by atoms with E-state index in [0.717, 1.165) is 16.7 Å². The molecule has 7 heteroatoms. The highest BCUT2D eigenvalue weighted by atomic mass is 19.2. The zero-order valence-electron chi connectivity index (χ0n) is 12.7. The fourth-order valence-electron chi connectivity index (χ4n) is 2.39. The van der Waals surface area contributed by atoms with Gasteiger partial charge in [0.1, 0.15) is 12.2 Å². The van der Waals surface area contributed by atoms with Gasteiger partial charge in [-0.25, -0.2) is 13.8 Å². The number of halogens is 2. The monoisotopic (exact) mass is 329 g/mol. The number of benzene rings is 2. The lowest BCUT2D eigenvalue weighted by Crippen LogP contribution is -2.30. The Hall–Kier alpha value is -3.09. The van der Waals surface area contributed by atoms with Gasteiger partial charge < -0.3 is 5.32 Å². The van der Waals surface area contributed by atoms with Gasteiger partial charge in [0, 0.05) is 17.8 Å². The predicted octanol–water partition coefficient (Wildman–Crippen LogP) is 2.62. The number of nitrogens with one attached hydrogen (secondary N) is 1. The molecule has 0 aliphatic heterocycles. The molecular formula is C17H13F2N3O2. The van der Waals surface area contributed by atoms with Gasteiger partial charge in [0.05, 0.1) is 11.0 Å². The summed E-state index contributed by atoms with van der Waals surface area (Å²) in [6.45, 7) is 1.12. The minimum atomic E-state index is -1.11. The van der Waals surface area contributed by atoms with Crippen molar-refractivity contribution in [3.63, 3.8) is 0 Å². The Balaban J connectivity index is 2.02. The van der Waals surface area contributed by atoms with Crippen LogP contribution < -0.4 is 10.9 Å². The quantitative estimate of drug-likeness (QED) is 0.803. The summed E-state index contributed by atoms with van der Waals surface area (Å²) in [6, 6.07) is 10.5.